The van der Waals surface area contributed by atoms with Gasteiger partial charge >= 0.3 is 6.09 Å². The fraction of sp³-hybridized carbons (Fsp3) is 0.211. The van der Waals surface area contributed by atoms with E-state index in [1.165, 1.54) is 0 Å². The third-order valence-electron chi connectivity index (χ3n) is 3.76. The van der Waals surface area contributed by atoms with Gasteiger partial charge in [-0.25, -0.2) is 4.79 Å². The first kappa shape index (κ1) is 16.4. The molecule has 0 atom stereocenters. The maximum Gasteiger partial charge on any atom is 0.405 e. The number of carbonyl (C=O) groups is 1. The summed E-state index contributed by atoms with van der Waals surface area (Å²) < 4.78 is 0. The van der Waals surface area contributed by atoms with Crippen molar-refractivity contribution in [2.75, 3.05) is 6.54 Å². The average Bonchev–Trinajstić information content (AvgIpc) is 2.52. The molecule has 2 aromatic carbocycles. The van der Waals surface area contributed by atoms with Crippen molar-refractivity contribution in [3.05, 3.63) is 65.2 Å². The van der Waals surface area contributed by atoms with Crippen molar-refractivity contribution in [3.8, 4) is 17.6 Å². The van der Waals surface area contributed by atoms with Crippen molar-refractivity contribution in [1.29, 1.82) is 0 Å². The Morgan fingerprint density at radius 1 is 1.04 bits per heavy atom. The largest absolute Gasteiger partial charge is 0.508 e. The monoisotopic (exact) mass is 309 g/mol. The smallest absolute Gasteiger partial charge is 0.405 e. The molecule has 0 saturated carbocycles. The standard InChI is InChI=1S/C19H19NO3/c1-19(2,16-9-11-17(21)12-10-16)15-7-5-14(6-8-15)4-3-13-20-18(22)23/h5-12,20-21H,13H2,1-2H3,(H,22,23). The van der Waals surface area contributed by atoms with Gasteiger partial charge < -0.3 is 15.5 Å². The van der Waals surface area contributed by atoms with Gasteiger partial charge in [-0.15, -0.1) is 0 Å². The Balaban J connectivity index is 2.15. The maximum atomic E-state index is 10.3. The van der Waals surface area contributed by atoms with Crippen LogP contribution in [-0.4, -0.2) is 22.9 Å². The van der Waals surface area contributed by atoms with Gasteiger partial charge in [0.15, 0.2) is 0 Å². The molecule has 0 radical (unpaired) electrons. The van der Waals surface area contributed by atoms with Gasteiger partial charge in [0.2, 0.25) is 0 Å². The number of amides is 1. The van der Waals surface area contributed by atoms with E-state index in [0.717, 1.165) is 16.7 Å². The highest BCUT2D eigenvalue weighted by molar-refractivity contribution is 5.64. The van der Waals surface area contributed by atoms with Gasteiger partial charge in [-0.3, -0.25) is 0 Å². The minimum atomic E-state index is -1.08. The van der Waals surface area contributed by atoms with Crippen molar-refractivity contribution < 1.29 is 15.0 Å². The quantitative estimate of drug-likeness (QED) is 0.762. The van der Waals surface area contributed by atoms with Gasteiger partial charge in [-0.05, 0) is 35.4 Å². The van der Waals surface area contributed by atoms with Crippen LogP contribution in [0.5, 0.6) is 5.75 Å². The average molecular weight is 309 g/mol. The summed E-state index contributed by atoms with van der Waals surface area (Å²) in [5, 5.41) is 20.1. The number of hydrogen-bond donors (Lipinski definition) is 3. The Morgan fingerprint density at radius 3 is 2.09 bits per heavy atom. The molecule has 2 aromatic rings. The van der Waals surface area contributed by atoms with E-state index in [1.54, 1.807) is 12.1 Å². The predicted octanol–water partition coefficient (Wildman–Crippen LogP) is 3.34. The lowest BCUT2D eigenvalue weighted by molar-refractivity contribution is 0.196. The van der Waals surface area contributed by atoms with E-state index in [1.807, 2.05) is 36.4 Å². The van der Waals surface area contributed by atoms with E-state index in [9.17, 15) is 9.90 Å². The Kier molecular flexibility index (Phi) is 4.92. The van der Waals surface area contributed by atoms with Crippen LogP contribution in [0.3, 0.4) is 0 Å². The third-order valence-corrected chi connectivity index (χ3v) is 3.76. The zero-order valence-electron chi connectivity index (χ0n) is 13.1. The summed E-state index contributed by atoms with van der Waals surface area (Å²) in [5.74, 6) is 5.93. The van der Waals surface area contributed by atoms with Gasteiger partial charge in [-0.2, -0.15) is 0 Å². The summed E-state index contributed by atoms with van der Waals surface area (Å²) in [7, 11) is 0. The second-order valence-corrected chi connectivity index (χ2v) is 5.71. The van der Waals surface area contributed by atoms with Crippen LogP contribution >= 0.6 is 0 Å². The molecule has 0 aromatic heterocycles. The highest BCUT2D eigenvalue weighted by Gasteiger charge is 2.22. The molecule has 0 saturated heterocycles. The molecule has 1 amide bonds. The first-order chi connectivity index (χ1) is 10.9. The van der Waals surface area contributed by atoms with E-state index in [0.29, 0.717) is 0 Å². The molecular formula is C19H19NO3. The van der Waals surface area contributed by atoms with E-state index < -0.39 is 6.09 Å². The van der Waals surface area contributed by atoms with Gasteiger partial charge in [0, 0.05) is 11.0 Å². The number of nitrogens with one attached hydrogen (secondary N) is 1. The second-order valence-electron chi connectivity index (χ2n) is 5.71. The maximum absolute atomic E-state index is 10.3. The molecule has 0 bridgehead atoms. The van der Waals surface area contributed by atoms with E-state index >= 15 is 0 Å². The molecule has 0 heterocycles. The molecule has 0 aliphatic rings. The summed E-state index contributed by atoms with van der Waals surface area (Å²) in [6.07, 6.45) is -1.08. The van der Waals surface area contributed by atoms with Crippen LogP contribution in [-0.2, 0) is 5.41 Å². The Hall–Kier alpha value is -2.93. The molecule has 0 fully saturated rings. The molecule has 3 N–H and O–H groups in total. The molecule has 118 valence electrons. The SMILES string of the molecule is CC(C)(c1ccc(O)cc1)c1ccc(C#CCNC(=O)O)cc1. The fourth-order valence-corrected chi connectivity index (χ4v) is 2.28. The summed E-state index contributed by atoms with van der Waals surface area (Å²) >= 11 is 0. The molecule has 0 aliphatic heterocycles. The van der Waals surface area contributed by atoms with Gasteiger partial charge in [0.1, 0.15) is 5.75 Å². The van der Waals surface area contributed by atoms with Crippen LogP contribution < -0.4 is 5.32 Å². The minimum Gasteiger partial charge on any atom is -0.508 e. The number of phenols is 1. The number of rotatable bonds is 3. The second kappa shape index (κ2) is 6.89. The van der Waals surface area contributed by atoms with Crippen LogP contribution in [0.25, 0.3) is 0 Å². The summed E-state index contributed by atoms with van der Waals surface area (Å²) in [4.78, 5) is 10.3. The molecule has 2 rings (SSSR count). The lowest BCUT2D eigenvalue weighted by Crippen LogP contribution is -2.20. The summed E-state index contributed by atoms with van der Waals surface area (Å²) in [6.45, 7) is 4.35. The van der Waals surface area contributed by atoms with Crippen molar-refractivity contribution >= 4 is 6.09 Å². The van der Waals surface area contributed by atoms with E-state index in [4.69, 9.17) is 5.11 Å². The number of phenolic OH excluding ortho intramolecular Hbond substituents is 1. The zero-order chi connectivity index (χ0) is 16.9. The van der Waals surface area contributed by atoms with Crippen LogP contribution in [0.15, 0.2) is 48.5 Å². The Morgan fingerprint density at radius 2 is 1.57 bits per heavy atom. The van der Waals surface area contributed by atoms with Crippen molar-refractivity contribution in [3.63, 3.8) is 0 Å². The van der Waals surface area contributed by atoms with Crippen LogP contribution in [0.1, 0.15) is 30.5 Å². The Bertz CT molecular complexity index is 735. The van der Waals surface area contributed by atoms with Crippen LogP contribution in [0.2, 0.25) is 0 Å². The lowest BCUT2D eigenvalue weighted by Gasteiger charge is -2.26. The van der Waals surface area contributed by atoms with Crippen LogP contribution in [0, 0.1) is 11.8 Å². The summed E-state index contributed by atoms with van der Waals surface area (Å²) in [5.41, 5.74) is 2.89. The number of hydrogen-bond acceptors (Lipinski definition) is 2. The highest BCUT2D eigenvalue weighted by atomic mass is 16.4. The molecule has 0 unspecified atom stereocenters. The van der Waals surface area contributed by atoms with E-state index in [-0.39, 0.29) is 17.7 Å². The minimum absolute atomic E-state index is 0.107. The Labute approximate surface area is 135 Å². The van der Waals surface area contributed by atoms with Crippen molar-refractivity contribution in [1.82, 2.24) is 5.32 Å². The van der Waals surface area contributed by atoms with Crippen molar-refractivity contribution in [2.24, 2.45) is 0 Å². The topological polar surface area (TPSA) is 69.6 Å². The number of aromatic hydroxyl groups is 1. The molecule has 0 aliphatic carbocycles. The number of benzene rings is 2. The zero-order valence-corrected chi connectivity index (χ0v) is 13.1. The number of carboxylic acid groups (broad SMARTS) is 1. The predicted molar refractivity (Wildman–Crippen MR) is 89.6 cm³/mol. The van der Waals surface area contributed by atoms with Gasteiger partial charge in [0.05, 0.1) is 6.54 Å². The molecule has 4 heteroatoms. The van der Waals surface area contributed by atoms with E-state index in [2.05, 4.69) is 31.0 Å². The lowest BCUT2D eigenvalue weighted by atomic mass is 9.78. The first-order valence-corrected chi connectivity index (χ1v) is 7.25. The van der Waals surface area contributed by atoms with Crippen molar-refractivity contribution in [2.45, 2.75) is 19.3 Å². The first-order valence-electron chi connectivity index (χ1n) is 7.25. The van der Waals surface area contributed by atoms with Crippen LogP contribution in [0.4, 0.5) is 4.79 Å². The molecule has 4 nitrogen and oxygen atoms in total. The van der Waals surface area contributed by atoms with Gasteiger partial charge in [0.25, 0.3) is 0 Å². The molecule has 23 heavy (non-hydrogen) atoms. The normalized spacial score (nSPS) is 10.5. The summed E-state index contributed by atoms with van der Waals surface area (Å²) in [6, 6.07) is 15.1. The fourth-order valence-electron chi connectivity index (χ4n) is 2.28. The molecular weight excluding hydrogens is 290 g/mol. The molecule has 0 spiro atoms. The van der Waals surface area contributed by atoms with Gasteiger partial charge in [-0.1, -0.05) is 50.0 Å². The highest BCUT2D eigenvalue weighted by Crippen LogP contribution is 2.32. The third kappa shape index (κ3) is 4.27.